The van der Waals surface area contributed by atoms with Gasteiger partial charge in [-0.15, -0.1) is 0 Å². The van der Waals surface area contributed by atoms with Crippen LogP contribution in [0.15, 0.2) is 41.4 Å². The molecule has 5 nitrogen and oxygen atoms in total. The molecule has 1 aliphatic rings. The third kappa shape index (κ3) is 2.90. The first-order valence-corrected chi connectivity index (χ1v) is 8.82. The summed E-state index contributed by atoms with van der Waals surface area (Å²) in [5, 5.41) is 0. The van der Waals surface area contributed by atoms with Crippen molar-refractivity contribution in [3.05, 3.63) is 36.5 Å². The van der Waals surface area contributed by atoms with E-state index in [9.17, 15) is 8.42 Å². The Balaban J connectivity index is 2.12. The van der Waals surface area contributed by atoms with E-state index < -0.39 is 9.84 Å². The van der Waals surface area contributed by atoms with Gasteiger partial charge in [0.1, 0.15) is 4.90 Å². The molecule has 2 heterocycles. The third-order valence-corrected chi connectivity index (χ3v) is 4.66. The van der Waals surface area contributed by atoms with E-state index in [0.29, 0.717) is 11.6 Å². The van der Waals surface area contributed by atoms with Crippen LogP contribution in [-0.4, -0.2) is 37.7 Å². The molecular weight excluding hydrogens is 286 g/mol. The second-order valence-corrected chi connectivity index (χ2v) is 7.20. The van der Waals surface area contributed by atoms with E-state index in [4.69, 9.17) is 0 Å². The fourth-order valence-electron chi connectivity index (χ4n) is 2.51. The highest BCUT2D eigenvalue weighted by Crippen LogP contribution is 2.28. The molecule has 1 aromatic carbocycles. The summed E-state index contributed by atoms with van der Waals surface area (Å²) in [7, 11) is -3.34. The highest BCUT2D eigenvalue weighted by molar-refractivity contribution is 7.90. The Kier molecular flexibility index (Phi) is 3.63. The molecule has 3 rings (SSSR count). The molecule has 0 N–H and O–H groups in total. The van der Waals surface area contributed by atoms with Crippen LogP contribution >= 0.6 is 0 Å². The van der Waals surface area contributed by atoms with Gasteiger partial charge in [-0.3, -0.25) is 0 Å². The maximum absolute atomic E-state index is 12.0. The normalized spacial score (nSPS) is 15.4. The molecule has 0 amide bonds. The van der Waals surface area contributed by atoms with Crippen molar-refractivity contribution in [2.75, 3.05) is 24.2 Å². The SMILES string of the molecule is CS(=O)(=O)c1cnc(-c2ccccc2)nc1N1CCCC1. The van der Waals surface area contributed by atoms with Crippen LogP contribution in [0, 0.1) is 0 Å². The first kappa shape index (κ1) is 14.0. The molecular formula is C15H17N3O2S. The first-order chi connectivity index (χ1) is 10.1. The summed E-state index contributed by atoms with van der Waals surface area (Å²) in [5.74, 6) is 1.09. The average Bonchev–Trinajstić information content (AvgIpc) is 3.01. The topological polar surface area (TPSA) is 63.2 Å². The minimum Gasteiger partial charge on any atom is -0.355 e. The van der Waals surface area contributed by atoms with Gasteiger partial charge >= 0.3 is 0 Å². The molecule has 0 spiro atoms. The maximum atomic E-state index is 12.0. The Hall–Kier alpha value is -1.95. The van der Waals surface area contributed by atoms with Crippen LogP contribution in [0.1, 0.15) is 12.8 Å². The summed E-state index contributed by atoms with van der Waals surface area (Å²) in [4.78, 5) is 11.0. The zero-order valence-corrected chi connectivity index (χ0v) is 12.7. The summed E-state index contributed by atoms with van der Waals surface area (Å²) >= 11 is 0. The van der Waals surface area contributed by atoms with Gasteiger partial charge < -0.3 is 4.90 Å². The molecule has 110 valence electrons. The summed E-state index contributed by atoms with van der Waals surface area (Å²) in [6, 6.07) is 9.60. The van der Waals surface area contributed by atoms with Gasteiger partial charge in [0.15, 0.2) is 21.5 Å². The third-order valence-electron chi connectivity index (χ3n) is 3.57. The standard InChI is InChI=1S/C15H17N3O2S/c1-21(19,20)13-11-16-14(12-7-3-2-4-8-12)17-15(13)18-9-5-6-10-18/h2-4,7-8,11H,5-6,9-10H2,1H3. The van der Waals surface area contributed by atoms with Gasteiger partial charge in [0.2, 0.25) is 0 Å². The van der Waals surface area contributed by atoms with Crippen LogP contribution in [0.2, 0.25) is 0 Å². The minimum atomic E-state index is -3.34. The summed E-state index contributed by atoms with van der Waals surface area (Å²) in [5.41, 5.74) is 0.887. The molecule has 1 saturated heterocycles. The summed E-state index contributed by atoms with van der Waals surface area (Å²) < 4.78 is 23.9. The van der Waals surface area contributed by atoms with Gasteiger partial charge in [-0.05, 0) is 12.8 Å². The summed E-state index contributed by atoms with van der Waals surface area (Å²) in [6.07, 6.45) is 4.76. The molecule has 0 radical (unpaired) electrons. The molecule has 0 unspecified atom stereocenters. The highest BCUT2D eigenvalue weighted by Gasteiger charge is 2.23. The lowest BCUT2D eigenvalue weighted by Gasteiger charge is -2.19. The van der Waals surface area contributed by atoms with Crippen molar-refractivity contribution < 1.29 is 8.42 Å². The van der Waals surface area contributed by atoms with Crippen LogP contribution in [0.25, 0.3) is 11.4 Å². The van der Waals surface area contributed by atoms with Crippen LogP contribution in [0.3, 0.4) is 0 Å². The number of nitrogens with zero attached hydrogens (tertiary/aromatic N) is 3. The Bertz CT molecular complexity index is 739. The minimum absolute atomic E-state index is 0.212. The van der Waals surface area contributed by atoms with E-state index in [1.165, 1.54) is 12.5 Å². The molecule has 0 saturated carbocycles. The lowest BCUT2D eigenvalue weighted by atomic mass is 10.2. The van der Waals surface area contributed by atoms with E-state index in [0.717, 1.165) is 31.5 Å². The summed E-state index contributed by atoms with van der Waals surface area (Å²) in [6.45, 7) is 1.68. The monoisotopic (exact) mass is 303 g/mol. The molecule has 1 fully saturated rings. The van der Waals surface area contributed by atoms with E-state index in [-0.39, 0.29) is 4.90 Å². The van der Waals surface area contributed by atoms with Crippen LogP contribution in [0.4, 0.5) is 5.82 Å². The van der Waals surface area contributed by atoms with Crippen molar-refractivity contribution in [1.82, 2.24) is 9.97 Å². The van der Waals surface area contributed by atoms with E-state index in [2.05, 4.69) is 9.97 Å². The largest absolute Gasteiger partial charge is 0.355 e. The van der Waals surface area contributed by atoms with Gasteiger partial charge in [-0.1, -0.05) is 30.3 Å². The van der Waals surface area contributed by atoms with Crippen molar-refractivity contribution in [1.29, 1.82) is 0 Å². The molecule has 21 heavy (non-hydrogen) atoms. The van der Waals surface area contributed by atoms with Crippen LogP contribution in [0.5, 0.6) is 0 Å². The van der Waals surface area contributed by atoms with E-state index >= 15 is 0 Å². The van der Waals surface area contributed by atoms with E-state index in [1.807, 2.05) is 35.2 Å². The number of sulfone groups is 1. The van der Waals surface area contributed by atoms with E-state index in [1.54, 1.807) is 0 Å². The maximum Gasteiger partial charge on any atom is 0.180 e. The van der Waals surface area contributed by atoms with Crippen molar-refractivity contribution in [3.63, 3.8) is 0 Å². The Morgan fingerprint density at radius 2 is 1.76 bits per heavy atom. The number of rotatable bonds is 3. The fourth-order valence-corrected chi connectivity index (χ4v) is 3.26. The number of anilines is 1. The van der Waals surface area contributed by atoms with Gasteiger partial charge in [0.05, 0.1) is 6.20 Å². The molecule has 1 aromatic heterocycles. The van der Waals surface area contributed by atoms with Gasteiger partial charge in [-0.2, -0.15) is 0 Å². The molecule has 1 aliphatic heterocycles. The zero-order valence-electron chi connectivity index (χ0n) is 11.9. The van der Waals surface area contributed by atoms with Gasteiger partial charge in [0, 0.05) is 24.9 Å². The lowest BCUT2D eigenvalue weighted by molar-refractivity contribution is 0.600. The average molecular weight is 303 g/mol. The second kappa shape index (κ2) is 5.44. The van der Waals surface area contributed by atoms with Crippen molar-refractivity contribution in [2.24, 2.45) is 0 Å². The van der Waals surface area contributed by atoms with Crippen LogP contribution < -0.4 is 4.90 Å². The number of hydrogen-bond acceptors (Lipinski definition) is 5. The molecule has 6 heteroatoms. The molecule has 0 aliphatic carbocycles. The molecule has 0 bridgehead atoms. The molecule has 0 atom stereocenters. The zero-order chi connectivity index (χ0) is 14.9. The van der Waals surface area contributed by atoms with Gasteiger partial charge in [-0.25, -0.2) is 18.4 Å². The number of benzene rings is 1. The first-order valence-electron chi connectivity index (χ1n) is 6.93. The fraction of sp³-hybridized carbons (Fsp3) is 0.333. The number of hydrogen-bond donors (Lipinski definition) is 0. The second-order valence-electron chi connectivity index (χ2n) is 5.21. The number of aromatic nitrogens is 2. The Morgan fingerprint density at radius 1 is 1.10 bits per heavy atom. The quantitative estimate of drug-likeness (QED) is 0.869. The predicted molar refractivity (Wildman–Crippen MR) is 82.0 cm³/mol. The Morgan fingerprint density at radius 3 is 2.38 bits per heavy atom. The van der Waals surface area contributed by atoms with Crippen molar-refractivity contribution >= 4 is 15.7 Å². The predicted octanol–water partition coefficient (Wildman–Crippen LogP) is 2.15. The van der Waals surface area contributed by atoms with Crippen molar-refractivity contribution in [2.45, 2.75) is 17.7 Å². The smallest absolute Gasteiger partial charge is 0.180 e. The molecule has 2 aromatic rings. The van der Waals surface area contributed by atoms with Crippen molar-refractivity contribution in [3.8, 4) is 11.4 Å². The Labute approximate surface area is 124 Å². The highest BCUT2D eigenvalue weighted by atomic mass is 32.2. The van der Waals surface area contributed by atoms with Gasteiger partial charge in [0.25, 0.3) is 0 Å². The lowest BCUT2D eigenvalue weighted by Crippen LogP contribution is -2.22. The van der Waals surface area contributed by atoms with Crippen LogP contribution in [-0.2, 0) is 9.84 Å².